The molecule has 1 heterocycles. The van der Waals surface area contributed by atoms with E-state index in [-0.39, 0.29) is 0 Å². The molecule has 0 unspecified atom stereocenters. The van der Waals surface area contributed by atoms with Crippen molar-refractivity contribution < 1.29 is 0 Å². The highest BCUT2D eigenvalue weighted by molar-refractivity contribution is 6.42. The molecule has 84 valence electrons. The van der Waals surface area contributed by atoms with Crippen LogP contribution in [0.2, 0.25) is 10.0 Å². The summed E-state index contributed by atoms with van der Waals surface area (Å²) in [6.45, 7) is 0.642. The number of alkyl halides is 1. The van der Waals surface area contributed by atoms with Gasteiger partial charge in [-0.25, -0.2) is 4.98 Å². The largest absolute Gasteiger partial charge is 0.333 e. The molecule has 16 heavy (non-hydrogen) atoms. The van der Waals surface area contributed by atoms with Gasteiger partial charge in [-0.1, -0.05) is 35.3 Å². The molecule has 0 spiro atoms. The Morgan fingerprint density at radius 2 is 2.06 bits per heavy atom. The van der Waals surface area contributed by atoms with Gasteiger partial charge in [-0.2, -0.15) is 0 Å². The summed E-state index contributed by atoms with van der Waals surface area (Å²) in [5.41, 5.74) is 1.81. The van der Waals surface area contributed by atoms with Gasteiger partial charge < -0.3 is 4.57 Å². The van der Waals surface area contributed by atoms with Crippen molar-refractivity contribution in [3.05, 3.63) is 52.0 Å². The van der Waals surface area contributed by atoms with Crippen LogP contribution in [0, 0.1) is 0 Å². The maximum Gasteiger partial charge on any atom is 0.0953 e. The minimum Gasteiger partial charge on any atom is -0.333 e. The Labute approximate surface area is 109 Å². The number of halogens is 3. The Kier molecular flexibility index (Phi) is 3.74. The zero-order valence-corrected chi connectivity index (χ0v) is 10.6. The summed E-state index contributed by atoms with van der Waals surface area (Å²) in [5, 5.41) is 1.15. The van der Waals surface area contributed by atoms with Crippen LogP contribution in [-0.2, 0) is 12.4 Å². The van der Waals surface area contributed by atoms with Gasteiger partial charge in [0.2, 0.25) is 0 Å². The third-order valence-corrected chi connectivity index (χ3v) is 3.34. The number of benzene rings is 1. The highest BCUT2D eigenvalue weighted by Gasteiger charge is 2.05. The van der Waals surface area contributed by atoms with Crippen molar-refractivity contribution in [2.24, 2.45) is 0 Å². The lowest BCUT2D eigenvalue weighted by molar-refractivity contribution is 0.797. The minimum atomic E-state index is 0.413. The fraction of sp³-hybridized carbons (Fsp3) is 0.182. The number of rotatable bonds is 3. The van der Waals surface area contributed by atoms with E-state index in [1.165, 1.54) is 0 Å². The molecule has 0 aliphatic carbocycles. The highest BCUT2D eigenvalue weighted by Crippen LogP contribution is 2.26. The fourth-order valence-corrected chi connectivity index (χ4v) is 1.95. The van der Waals surface area contributed by atoms with Gasteiger partial charge in [-0.3, -0.25) is 0 Å². The number of imidazole rings is 1. The Morgan fingerprint density at radius 3 is 2.75 bits per heavy atom. The van der Waals surface area contributed by atoms with E-state index in [1.807, 2.05) is 22.9 Å². The minimum absolute atomic E-state index is 0.413. The van der Waals surface area contributed by atoms with E-state index < -0.39 is 0 Å². The first kappa shape index (κ1) is 11.8. The SMILES string of the molecule is ClCc1cn(Cc2cccc(Cl)c2Cl)cn1. The summed E-state index contributed by atoms with van der Waals surface area (Å²) in [6, 6.07) is 5.59. The molecular formula is C11H9Cl3N2. The van der Waals surface area contributed by atoms with Gasteiger partial charge in [-0.05, 0) is 11.6 Å². The molecule has 0 bridgehead atoms. The molecule has 0 amide bonds. The van der Waals surface area contributed by atoms with E-state index in [2.05, 4.69) is 4.98 Å². The van der Waals surface area contributed by atoms with Gasteiger partial charge in [0, 0.05) is 6.20 Å². The van der Waals surface area contributed by atoms with Crippen LogP contribution in [0.4, 0.5) is 0 Å². The molecule has 2 aromatic rings. The first-order valence-corrected chi connectivity index (χ1v) is 5.99. The van der Waals surface area contributed by atoms with Crippen LogP contribution >= 0.6 is 34.8 Å². The van der Waals surface area contributed by atoms with Crippen LogP contribution in [0.15, 0.2) is 30.7 Å². The molecule has 0 saturated carbocycles. The van der Waals surface area contributed by atoms with E-state index in [1.54, 1.807) is 12.4 Å². The first-order valence-electron chi connectivity index (χ1n) is 4.70. The molecular weight excluding hydrogens is 266 g/mol. The van der Waals surface area contributed by atoms with Gasteiger partial charge in [0.15, 0.2) is 0 Å². The third-order valence-electron chi connectivity index (χ3n) is 2.21. The molecule has 0 aliphatic heterocycles. The van der Waals surface area contributed by atoms with Gasteiger partial charge in [-0.15, -0.1) is 11.6 Å². The summed E-state index contributed by atoms with van der Waals surface area (Å²) < 4.78 is 1.93. The van der Waals surface area contributed by atoms with Crippen molar-refractivity contribution in [1.29, 1.82) is 0 Å². The lowest BCUT2D eigenvalue weighted by Crippen LogP contribution is -1.97. The second-order valence-corrected chi connectivity index (χ2v) is 4.44. The molecule has 0 fully saturated rings. The Balaban J connectivity index is 2.23. The number of hydrogen-bond acceptors (Lipinski definition) is 1. The maximum atomic E-state index is 6.09. The molecule has 2 rings (SSSR count). The van der Waals surface area contributed by atoms with Crippen LogP contribution < -0.4 is 0 Å². The predicted molar refractivity (Wildman–Crippen MR) is 67.3 cm³/mol. The zero-order valence-electron chi connectivity index (χ0n) is 8.33. The zero-order chi connectivity index (χ0) is 11.5. The first-order chi connectivity index (χ1) is 7.70. The van der Waals surface area contributed by atoms with E-state index in [0.29, 0.717) is 22.5 Å². The second kappa shape index (κ2) is 5.09. The van der Waals surface area contributed by atoms with Crippen LogP contribution in [0.1, 0.15) is 11.3 Å². The Bertz CT molecular complexity index is 494. The fourth-order valence-electron chi connectivity index (χ4n) is 1.43. The highest BCUT2D eigenvalue weighted by atomic mass is 35.5. The number of nitrogens with zero attached hydrogens (tertiary/aromatic N) is 2. The summed E-state index contributed by atoms with van der Waals surface area (Å²) in [7, 11) is 0. The molecule has 0 atom stereocenters. The van der Waals surface area contributed by atoms with Crippen LogP contribution in [0.5, 0.6) is 0 Å². The van der Waals surface area contributed by atoms with Crippen molar-refractivity contribution in [3.63, 3.8) is 0 Å². The average molecular weight is 276 g/mol. The average Bonchev–Trinajstić information content (AvgIpc) is 2.73. The Morgan fingerprint density at radius 1 is 1.25 bits per heavy atom. The second-order valence-electron chi connectivity index (χ2n) is 3.38. The summed E-state index contributed by atoms with van der Waals surface area (Å²) >= 11 is 17.7. The smallest absolute Gasteiger partial charge is 0.0953 e. The standard InChI is InChI=1S/C11H9Cl3N2/c12-4-9-6-16(7-15-9)5-8-2-1-3-10(13)11(8)14/h1-3,6-7H,4-5H2. The van der Waals surface area contributed by atoms with E-state index in [9.17, 15) is 0 Å². The molecule has 0 saturated heterocycles. The maximum absolute atomic E-state index is 6.09. The monoisotopic (exact) mass is 274 g/mol. The van der Waals surface area contributed by atoms with E-state index >= 15 is 0 Å². The molecule has 0 N–H and O–H groups in total. The Hall–Kier alpha value is -0.700. The van der Waals surface area contributed by atoms with Gasteiger partial charge in [0.25, 0.3) is 0 Å². The molecule has 5 heteroatoms. The van der Waals surface area contributed by atoms with E-state index in [0.717, 1.165) is 11.3 Å². The molecule has 1 aromatic carbocycles. The van der Waals surface area contributed by atoms with Gasteiger partial charge >= 0.3 is 0 Å². The number of aromatic nitrogens is 2. The van der Waals surface area contributed by atoms with Crippen LogP contribution in [0.3, 0.4) is 0 Å². The summed E-state index contributed by atoms with van der Waals surface area (Å²) in [6.07, 6.45) is 3.62. The normalized spacial score (nSPS) is 10.7. The van der Waals surface area contributed by atoms with Crippen LogP contribution in [0.25, 0.3) is 0 Å². The molecule has 1 aromatic heterocycles. The lowest BCUT2D eigenvalue weighted by Gasteiger charge is -2.06. The quantitative estimate of drug-likeness (QED) is 0.775. The van der Waals surface area contributed by atoms with Crippen molar-refractivity contribution >= 4 is 34.8 Å². The van der Waals surface area contributed by atoms with Gasteiger partial charge in [0.05, 0.1) is 34.5 Å². The predicted octanol–water partition coefficient (Wildman–Crippen LogP) is 3.98. The topological polar surface area (TPSA) is 17.8 Å². The van der Waals surface area contributed by atoms with E-state index in [4.69, 9.17) is 34.8 Å². The van der Waals surface area contributed by atoms with Gasteiger partial charge in [0.1, 0.15) is 0 Å². The lowest BCUT2D eigenvalue weighted by atomic mass is 10.2. The van der Waals surface area contributed by atoms with Crippen molar-refractivity contribution in [1.82, 2.24) is 9.55 Å². The van der Waals surface area contributed by atoms with Crippen LogP contribution in [-0.4, -0.2) is 9.55 Å². The van der Waals surface area contributed by atoms with Crippen molar-refractivity contribution in [2.45, 2.75) is 12.4 Å². The summed E-state index contributed by atoms with van der Waals surface area (Å²) in [4.78, 5) is 4.14. The molecule has 0 radical (unpaired) electrons. The molecule has 2 nitrogen and oxygen atoms in total. The molecule has 0 aliphatic rings. The summed E-state index contributed by atoms with van der Waals surface area (Å²) in [5.74, 6) is 0.413. The van der Waals surface area contributed by atoms with Crippen molar-refractivity contribution in [3.8, 4) is 0 Å². The number of hydrogen-bond donors (Lipinski definition) is 0. The van der Waals surface area contributed by atoms with Crippen molar-refractivity contribution in [2.75, 3.05) is 0 Å². The third kappa shape index (κ3) is 2.51.